The van der Waals surface area contributed by atoms with E-state index in [2.05, 4.69) is 28.8 Å². The highest BCUT2D eigenvalue weighted by atomic mass is 15.3. The van der Waals surface area contributed by atoms with E-state index < -0.39 is 0 Å². The number of nitrogens with zero attached hydrogens (tertiary/aromatic N) is 1. The van der Waals surface area contributed by atoms with E-state index in [1.54, 1.807) is 0 Å². The first-order valence-corrected chi connectivity index (χ1v) is 5.17. The first-order valence-electron chi connectivity index (χ1n) is 5.17. The molecule has 0 atom stereocenters. The number of anilines is 1. The van der Waals surface area contributed by atoms with E-state index in [0.717, 1.165) is 29.2 Å². The molecule has 0 bridgehead atoms. The molecule has 0 fully saturated rings. The van der Waals surface area contributed by atoms with E-state index >= 15 is 0 Å². The Morgan fingerprint density at radius 2 is 1.93 bits per heavy atom. The Kier molecular flexibility index (Phi) is 2.46. The lowest BCUT2D eigenvalue weighted by Gasteiger charge is -1.96. The molecule has 3 nitrogen and oxygen atoms in total. The first kappa shape index (κ1) is 9.77. The Hall–Kier alpha value is -1.77. The van der Waals surface area contributed by atoms with Crippen molar-refractivity contribution >= 4 is 5.69 Å². The van der Waals surface area contributed by atoms with Gasteiger partial charge in [-0.1, -0.05) is 18.2 Å². The molecule has 3 N–H and O–H groups in total. The predicted molar refractivity (Wildman–Crippen MR) is 61.2 cm³/mol. The summed E-state index contributed by atoms with van der Waals surface area (Å²) in [4.78, 5) is 0. The summed E-state index contributed by atoms with van der Waals surface area (Å²) in [6.07, 6.45) is 0. The number of nitrogen functional groups attached to an aromatic ring is 1. The highest BCUT2D eigenvalue weighted by molar-refractivity contribution is 5.71. The molecule has 15 heavy (non-hydrogen) atoms. The average Bonchev–Trinajstić information content (AvgIpc) is 2.56. The van der Waals surface area contributed by atoms with Gasteiger partial charge in [-0.25, -0.2) is 0 Å². The number of H-pyrrole nitrogens is 1. The second-order valence-corrected chi connectivity index (χ2v) is 3.61. The first-order chi connectivity index (χ1) is 7.24. The molecule has 1 aromatic carbocycles. The second kappa shape index (κ2) is 3.77. The van der Waals surface area contributed by atoms with Gasteiger partial charge in [0.25, 0.3) is 5.69 Å². The van der Waals surface area contributed by atoms with Gasteiger partial charge < -0.3 is 5.73 Å². The lowest BCUT2D eigenvalue weighted by molar-refractivity contribution is -0.737. The Morgan fingerprint density at radius 3 is 2.53 bits per heavy atom. The van der Waals surface area contributed by atoms with Crippen LogP contribution in [0.3, 0.4) is 0 Å². The molecule has 1 heterocycles. The van der Waals surface area contributed by atoms with Crippen molar-refractivity contribution in [3.63, 3.8) is 0 Å². The molecule has 0 saturated carbocycles. The Morgan fingerprint density at radius 1 is 1.27 bits per heavy atom. The monoisotopic (exact) mass is 202 g/mol. The molecule has 2 aromatic rings. The van der Waals surface area contributed by atoms with Crippen molar-refractivity contribution in [3.8, 4) is 11.3 Å². The van der Waals surface area contributed by atoms with Crippen molar-refractivity contribution in [2.45, 2.75) is 20.4 Å². The molecular formula is C12H16N3+. The summed E-state index contributed by atoms with van der Waals surface area (Å²) < 4.78 is 2.07. The maximum absolute atomic E-state index is 6.06. The fourth-order valence-corrected chi connectivity index (χ4v) is 1.79. The van der Waals surface area contributed by atoms with Crippen molar-refractivity contribution < 1.29 is 4.68 Å². The van der Waals surface area contributed by atoms with Gasteiger partial charge in [-0.15, -0.1) is 4.68 Å². The maximum atomic E-state index is 6.06. The van der Waals surface area contributed by atoms with E-state index in [-0.39, 0.29) is 0 Å². The zero-order chi connectivity index (χ0) is 10.8. The average molecular weight is 202 g/mol. The molecular weight excluding hydrogens is 186 g/mol. The van der Waals surface area contributed by atoms with Gasteiger partial charge in [0.05, 0.1) is 11.3 Å². The summed E-state index contributed by atoms with van der Waals surface area (Å²) in [5, 5.41) is 3.25. The minimum absolute atomic E-state index is 0.836. The van der Waals surface area contributed by atoms with Crippen LogP contribution in [-0.4, -0.2) is 5.10 Å². The summed E-state index contributed by atoms with van der Waals surface area (Å²) >= 11 is 0. The lowest BCUT2D eigenvalue weighted by atomic mass is 10.1. The minimum atomic E-state index is 0.836. The summed E-state index contributed by atoms with van der Waals surface area (Å²) in [5.41, 5.74) is 10.2. The van der Waals surface area contributed by atoms with Crippen LogP contribution in [0.15, 0.2) is 30.3 Å². The SMILES string of the molecule is CC[n+]1[nH]c(C)c(N)c1-c1ccccc1. The molecule has 0 saturated heterocycles. The van der Waals surface area contributed by atoms with Crippen LogP contribution in [-0.2, 0) is 6.54 Å². The number of benzene rings is 1. The number of aromatic nitrogens is 2. The molecule has 0 spiro atoms. The smallest absolute Gasteiger partial charge is 0.261 e. The highest BCUT2D eigenvalue weighted by Gasteiger charge is 2.20. The fraction of sp³-hybridized carbons (Fsp3) is 0.250. The summed E-state index contributed by atoms with van der Waals surface area (Å²) in [7, 11) is 0. The standard InChI is InChI=1S/C12H15N3/c1-3-15-12(11(13)9(2)14-15)10-7-5-4-6-8-10/h4-8H,3,13H2,1-2H3/p+1. The van der Waals surface area contributed by atoms with Crippen molar-refractivity contribution in [3.05, 3.63) is 36.0 Å². The van der Waals surface area contributed by atoms with Gasteiger partial charge in [0.15, 0.2) is 6.54 Å². The molecule has 2 rings (SSSR count). The van der Waals surface area contributed by atoms with Crippen molar-refractivity contribution in [2.75, 3.05) is 5.73 Å². The molecule has 0 aliphatic heterocycles. The van der Waals surface area contributed by atoms with E-state index in [9.17, 15) is 0 Å². The Balaban J connectivity index is 2.61. The van der Waals surface area contributed by atoms with Crippen LogP contribution in [0, 0.1) is 6.92 Å². The van der Waals surface area contributed by atoms with Crippen LogP contribution < -0.4 is 10.4 Å². The summed E-state index contributed by atoms with van der Waals surface area (Å²) in [6.45, 7) is 4.98. The fourth-order valence-electron chi connectivity index (χ4n) is 1.79. The zero-order valence-electron chi connectivity index (χ0n) is 9.12. The van der Waals surface area contributed by atoms with E-state index in [4.69, 9.17) is 5.73 Å². The van der Waals surface area contributed by atoms with Crippen LogP contribution in [0.5, 0.6) is 0 Å². The van der Waals surface area contributed by atoms with Gasteiger partial charge in [-0.2, -0.15) is 5.10 Å². The molecule has 0 radical (unpaired) electrons. The van der Waals surface area contributed by atoms with Gasteiger partial charge in [0.2, 0.25) is 0 Å². The van der Waals surface area contributed by atoms with Crippen LogP contribution in [0.2, 0.25) is 0 Å². The normalized spacial score (nSPS) is 10.5. The van der Waals surface area contributed by atoms with Crippen LogP contribution in [0.4, 0.5) is 5.69 Å². The second-order valence-electron chi connectivity index (χ2n) is 3.61. The van der Waals surface area contributed by atoms with E-state index in [1.807, 2.05) is 25.1 Å². The topological polar surface area (TPSA) is 45.7 Å². The van der Waals surface area contributed by atoms with Crippen molar-refractivity contribution in [1.29, 1.82) is 0 Å². The third-order valence-electron chi connectivity index (χ3n) is 2.60. The quantitative estimate of drug-likeness (QED) is 0.718. The number of hydrogen-bond donors (Lipinski definition) is 2. The summed E-state index contributed by atoms with van der Waals surface area (Å²) in [5.74, 6) is 0. The molecule has 1 aromatic heterocycles. The largest absolute Gasteiger partial charge is 0.392 e. The number of nitrogens with two attached hydrogens (primary N) is 1. The molecule has 0 aliphatic carbocycles. The minimum Gasteiger partial charge on any atom is -0.392 e. The third-order valence-corrected chi connectivity index (χ3v) is 2.60. The number of nitrogens with one attached hydrogen (secondary N) is 1. The van der Waals surface area contributed by atoms with Gasteiger partial charge in [0.1, 0.15) is 5.69 Å². The molecule has 0 amide bonds. The third kappa shape index (κ3) is 1.61. The predicted octanol–water partition coefficient (Wildman–Crippen LogP) is 1.88. The number of aromatic amines is 1. The van der Waals surface area contributed by atoms with Gasteiger partial charge in [-0.3, -0.25) is 0 Å². The maximum Gasteiger partial charge on any atom is 0.261 e. The Labute approximate surface area is 89.5 Å². The highest BCUT2D eigenvalue weighted by Crippen LogP contribution is 2.23. The van der Waals surface area contributed by atoms with Crippen LogP contribution in [0.1, 0.15) is 12.6 Å². The van der Waals surface area contributed by atoms with Crippen LogP contribution in [0.25, 0.3) is 11.3 Å². The van der Waals surface area contributed by atoms with E-state index in [0.29, 0.717) is 0 Å². The number of hydrogen-bond acceptors (Lipinski definition) is 1. The number of aryl methyl sites for hydroxylation is 2. The molecule has 0 aliphatic rings. The zero-order valence-corrected chi connectivity index (χ0v) is 9.12. The Bertz CT molecular complexity index is 457. The molecule has 3 heteroatoms. The molecule has 0 unspecified atom stereocenters. The van der Waals surface area contributed by atoms with Gasteiger partial charge >= 0.3 is 0 Å². The van der Waals surface area contributed by atoms with Gasteiger partial charge in [0, 0.05) is 0 Å². The van der Waals surface area contributed by atoms with Crippen LogP contribution >= 0.6 is 0 Å². The summed E-state index contributed by atoms with van der Waals surface area (Å²) in [6, 6.07) is 10.2. The lowest BCUT2D eigenvalue weighted by Crippen LogP contribution is -2.36. The number of rotatable bonds is 2. The molecule has 78 valence electrons. The van der Waals surface area contributed by atoms with Crippen molar-refractivity contribution in [1.82, 2.24) is 5.10 Å². The van der Waals surface area contributed by atoms with Gasteiger partial charge in [-0.05, 0) is 26.0 Å². The van der Waals surface area contributed by atoms with E-state index in [1.165, 1.54) is 0 Å². The van der Waals surface area contributed by atoms with Crippen molar-refractivity contribution in [2.24, 2.45) is 0 Å².